The van der Waals surface area contributed by atoms with Gasteiger partial charge >= 0.3 is 6.18 Å². The van der Waals surface area contributed by atoms with E-state index in [-0.39, 0.29) is 23.3 Å². The number of benzene rings is 3. The average molecular weight is 567 g/mol. The smallest absolute Gasteiger partial charge is 0.417 e. The molecule has 1 atom stereocenters. The van der Waals surface area contributed by atoms with E-state index in [9.17, 15) is 27.2 Å². The van der Waals surface area contributed by atoms with Gasteiger partial charge in [0.05, 0.1) is 5.69 Å². The molecule has 0 saturated carbocycles. The Morgan fingerprint density at radius 2 is 1.59 bits per heavy atom. The van der Waals surface area contributed by atoms with Crippen LogP contribution in [0.2, 0.25) is 0 Å². The number of halogens is 4. The van der Waals surface area contributed by atoms with Crippen LogP contribution in [0.3, 0.4) is 0 Å². The number of anilines is 3. The number of oxazole rings is 1. The first-order valence-corrected chi connectivity index (χ1v) is 13.0. The van der Waals surface area contributed by atoms with Gasteiger partial charge in [0.2, 0.25) is 5.76 Å². The summed E-state index contributed by atoms with van der Waals surface area (Å²) in [6, 6.07) is 18.7. The van der Waals surface area contributed by atoms with E-state index in [1.807, 2.05) is 6.92 Å². The molecule has 1 aromatic heterocycles. The Hall–Kier alpha value is -4.67. The average Bonchev–Trinajstić information content (AvgIpc) is 3.42. The molecule has 1 unspecified atom stereocenters. The van der Waals surface area contributed by atoms with E-state index >= 15 is 0 Å². The van der Waals surface area contributed by atoms with Crippen LogP contribution in [0.15, 0.2) is 77.2 Å². The van der Waals surface area contributed by atoms with Gasteiger partial charge in [0.1, 0.15) is 5.82 Å². The van der Waals surface area contributed by atoms with Crippen LogP contribution in [-0.4, -0.2) is 29.9 Å². The summed E-state index contributed by atoms with van der Waals surface area (Å²) in [7, 11) is 0. The lowest BCUT2D eigenvalue weighted by Crippen LogP contribution is -2.34. The summed E-state index contributed by atoms with van der Waals surface area (Å²) >= 11 is 0. The minimum atomic E-state index is -4.86. The Morgan fingerprint density at radius 1 is 0.927 bits per heavy atom. The molecule has 0 aliphatic carbocycles. The first-order chi connectivity index (χ1) is 19.6. The summed E-state index contributed by atoms with van der Waals surface area (Å²) in [5, 5.41) is 4.97. The maximum Gasteiger partial charge on any atom is 0.437 e. The number of nitrogens with zero attached hydrogens (tertiary/aromatic N) is 2. The summed E-state index contributed by atoms with van der Waals surface area (Å²) in [5.41, 5.74) is 0.786. The number of aromatic nitrogens is 1. The van der Waals surface area contributed by atoms with Crippen molar-refractivity contribution in [3.63, 3.8) is 0 Å². The van der Waals surface area contributed by atoms with Gasteiger partial charge in [-0.2, -0.15) is 18.2 Å². The normalized spacial score (nSPS) is 15.4. The molecule has 5 rings (SSSR count). The van der Waals surface area contributed by atoms with E-state index in [0.29, 0.717) is 18.7 Å². The maximum atomic E-state index is 13.8. The molecule has 2 heterocycles. The molecule has 2 N–H and O–H groups in total. The Bertz CT molecular complexity index is 1550. The lowest BCUT2D eigenvalue weighted by molar-refractivity contribution is -0.141. The zero-order valence-corrected chi connectivity index (χ0v) is 22.0. The first kappa shape index (κ1) is 27.9. The van der Waals surface area contributed by atoms with Gasteiger partial charge in [-0.25, -0.2) is 4.39 Å². The number of hydrogen-bond donors (Lipinski definition) is 2. The highest BCUT2D eigenvalue weighted by Crippen LogP contribution is 2.35. The largest absolute Gasteiger partial charge is 0.437 e. The van der Waals surface area contributed by atoms with Gasteiger partial charge in [-0.3, -0.25) is 9.59 Å². The second-order valence-corrected chi connectivity index (χ2v) is 9.91. The van der Waals surface area contributed by atoms with Gasteiger partial charge < -0.3 is 20.0 Å². The third kappa shape index (κ3) is 6.40. The van der Waals surface area contributed by atoms with Crippen LogP contribution in [0.1, 0.15) is 46.4 Å². The number of alkyl halides is 3. The molecule has 11 heteroatoms. The van der Waals surface area contributed by atoms with Crippen molar-refractivity contribution in [3.8, 4) is 11.1 Å². The number of nitrogens with one attached hydrogen (secondary N) is 2. The molecule has 1 aliphatic heterocycles. The first-order valence-electron chi connectivity index (χ1n) is 13.0. The number of carbonyl (C=O) groups excluding carboxylic acids is 2. The van der Waals surface area contributed by atoms with Crippen molar-refractivity contribution in [1.82, 2.24) is 4.98 Å². The molecule has 1 aliphatic rings. The highest BCUT2D eigenvalue weighted by molar-refractivity contribution is 6.05. The predicted octanol–water partition coefficient (Wildman–Crippen LogP) is 7.24. The van der Waals surface area contributed by atoms with Crippen LogP contribution < -0.4 is 15.5 Å². The van der Waals surface area contributed by atoms with Gasteiger partial charge in [0.15, 0.2) is 5.69 Å². The van der Waals surface area contributed by atoms with Crippen molar-refractivity contribution < 1.29 is 31.6 Å². The zero-order chi connectivity index (χ0) is 29.1. The highest BCUT2D eigenvalue weighted by atomic mass is 19.4. The van der Waals surface area contributed by atoms with Crippen molar-refractivity contribution >= 4 is 29.2 Å². The topological polar surface area (TPSA) is 87.5 Å². The SMILES string of the molecule is CC1CCCN(c2nc(C(F)(F)F)c(C(=O)Nc3ccc(-c4ccc(C(=O)Nc5ccccc5F)cc4)cc3)o2)C1. The summed E-state index contributed by atoms with van der Waals surface area (Å²) in [6.45, 7) is 3.00. The molecule has 0 radical (unpaired) electrons. The van der Waals surface area contributed by atoms with E-state index in [0.717, 1.165) is 24.0 Å². The van der Waals surface area contributed by atoms with Crippen LogP contribution in [0.4, 0.5) is 35.0 Å². The van der Waals surface area contributed by atoms with E-state index in [1.165, 1.54) is 18.2 Å². The standard InChI is InChI=1S/C30H26F4N4O3/c1-18-5-4-16-38(17-18)29-37-26(30(32,33)34)25(41-29)28(40)35-22-14-12-20(13-15-22)19-8-10-21(11-9-19)27(39)36-24-7-3-2-6-23(24)31/h2-3,6-15,18H,4-5,16-17H2,1H3,(H,35,40)(H,36,39). The molecular weight excluding hydrogens is 540 g/mol. The molecule has 1 saturated heterocycles. The van der Waals surface area contributed by atoms with E-state index in [4.69, 9.17) is 4.42 Å². The minimum Gasteiger partial charge on any atom is -0.417 e. The summed E-state index contributed by atoms with van der Waals surface area (Å²) in [5.74, 6) is -2.69. The Labute approximate surface area is 233 Å². The molecule has 7 nitrogen and oxygen atoms in total. The van der Waals surface area contributed by atoms with Gasteiger partial charge in [-0.05, 0) is 66.3 Å². The summed E-state index contributed by atoms with van der Waals surface area (Å²) in [4.78, 5) is 30.6. The number of rotatable bonds is 6. The van der Waals surface area contributed by atoms with Crippen LogP contribution in [0, 0.1) is 11.7 Å². The Balaban J connectivity index is 1.27. The zero-order valence-electron chi connectivity index (χ0n) is 22.0. The molecule has 1 fully saturated rings. The lowest BCUT2D eigenvalue weighted by Gasteiger charge is -2.29. The van der Waals surface area contributed by atoms with E-state index in [1.54, 1.807) is 59.5 Å². The Morgan fingerprint density at radius 3 is 2.22 bits per heavy atom. The van der Waals surface area contributed by atoms with Crippen molar-refractivity contribution in [2.45, 2.75) is 25.9 Å². The number of hydrogen-bond acceptors (Lipinski definition) is 5. The van der Waals surface area contributed by atoms with Crippen molar-refractivity contribution in [3.05, 3.63) is 95.6 Å². The van der Waals surface area contributed by atoms with Crippen molar-refractivity contribution in [2.75, 3.05) is 28.6 Å². The van der Waals surface area contributed by atoms with Crippen LogP contribution in [0.25, 0.3) is 11.1 Å². The molecule has 2 amide bonds. The molecule has 3 aromatic carbocycles. The fraction of sp³-hybridized carbons (Fsp3) is 0.233. The molecule has 41 heavy (non-hydrogen) atoms. The molecule has 0 spiro atoms. The number of amides is 2. The monoisotopic (exact) mass is 566 g/mol. The molecule has 0 bridgehead atoms. The summed E-state index contributed by atoms with van der Waals surface area (Å²) < 4.78 is 60.2. The van der Waals surface area contributed by atoms with Gasteiger partial charge in [0, 0.05) is 24.3 Å². The minimum absolute atomic E-state index is 0.0733. The van der Waals surface area contributed by atoms with E-state index in [2.05, 4.69) is 15.6 Å². The van der Waals surface area contributed by atoms with Gasteiger partial charge in [-0.1, -0.05) is 43.3 Å². The third-order valence-electron chi connectivity index (χ3n) is 6.76. The number of carbonyl (C=O) groups is 2. The molecular formula is C30H26F4N4O3. The second kappa shape index (κ2) is 11.4. The fourth-order valence-electron chi connectivity index (χ4n) is 4.66. The van der Waals surface area contributed by atoms with Crippen LogP contribution in [0.5, 0.6) is 0 Å². The summed E-state index contributed by atoms with van der Waals surface area (Å²) in [6.07, 6.45) is -3.11. The fourth-order valence-corrected chi connectivity index (χ4v) is 4.66. The second-order valence-electron chi connectivity index (χ2n) is 9.91. The highest BCUT2D eigenvalue weighted by Gasteiger charge is 2.42. The molecule has 4 aromatic rings. The third-order valence-corrected chi connectivity index (χ3v) is 6.76. The van der Waals surface area contributed by atoms with E-state index < -0.39 is 35.3 Å². The lowest BCUT2D eigenvalue weighted by atomic mass is 10.0. The van der Waals surface area contributed by atoms with Gasteiger partial charge in [0.25, 0.3) is 17.8 Å². The van der Waals surface area contributed by atoms with Gasteiger partial charge in [-0.15, -0.1) is 0 Å². The van der Waals surface area contributed by atoms with Crippen LogP contribution in [-0.2, 0) is 6.18 Å². The number of para-hydroxylation sites is 1. The predicted molar refractivity (Wildman–Crippen MR) is 146 cm³/mol. The Kier molecular flexibility index (Phi) is 7.78. The van der Waals surface area contributed by atoms with Crippen molar-refractivity contribution in [2.24, 2.45) is 5.92 Å². The molecule has 212 valence electrons. The quantitative estimate of drug-likeness (QED) is 0.240. The number of piperidine rings is 1. The van der Waals surface area contributed by atoms with Crippen molar-refractivity contribution in [1.29, 1.82) is 0 Å². The van der Waals surface area contributed by atoms with Crippen LogP contribution >= 0.6 is 0 Å². The maximum absolute atomic E-state index is 13.8.